The van der Waals surface area contributed by atoms with Gasteiger partial charge in [-0.1, -0.05) is 6.08 Å². The fourth-order valence-corrected chi connectivity index (χ4v) is 0.825. The predicted molar refractivity (Wildman–Crippen MR) is 48.4 cm³/mol. The molecule has 64 valence electrons. The Labute approximate surface area is 72.5 Å². The molecular formula is C9H13N3. The predicted octanol–water partition coefficient (Wildman–Crippen LogP) is 1.36. The summed E-state index contributed by atoms with van der Waals surface area (Å²) in [5.41, 5.74) is 0. The summed E-state index contributed by atoms with van der Waals surface area (Å²) in [5.74, 6) is 0. The normalized spacial score (nSPS) is 14.0. The van der Waals surface area contributed by atoms with Crippen LogP contribution in [0.1, 0.15) is 12.8 Å². The minimum Gasteiger partial charge on any atom is -0.391 e. The maximum absolute atomic E-state index is 3.53. The second-order valence-corrected chi connectivity index (χ2v) is 2.41. The van der Waals surface area contributed by atoms with Gasteiger partial charge in [0, 0.05) is 18.9 Å². The van der Waals surface area contributed by atoms with Gasteiger partial charge in [0.15, 0.2) is 0 Å². The van der Waals surface area contributed by atoms with E-state index < -0.39 is 0 Å². The molecule has 3 heteroatoms. The van der Waals surface area contributed by atoms with Gasteiger partial charge in [0.2, 0.25) is 0 Å². The number of rotatable bonds is 0. The van der Waals surface area contributed by atoms with Crippen LogP contribution in [-0.4, -0.2) is 16.7 Å². The molecule has 1 aliphatic rings. The first-order chi connectivity index (χ1) is 6.00. The van der Waals surface area contributed by atoms with Crippen molar-refractivity contribution in [2.75, 3.05) is 6.54 Å². The lowest BCUT2D eigenvalue weighted by atomic mass is 10.2. The summed E-state index contributed by atoms with van der Waals surface area (Å²) in [6.45, 7) is 1.16. The summed E-state index contributed by atoms with van der Waals surface area (Å²) in [4.78, 5) is 0. The van der Waals surface area contributed by atoms with Gasteiger partial charge < -0.3 is 5.32 Å². The molecule has 0 aliphatic carbocycles. The van der Waals surface area contributed by atoms with E-state index in [4.69, 9.17) is 0 Å². The molecule has 0 bridgehead atoms. The number of allylic oxidation sites excluding steroid dienone is 1. The van der Waals surface area contributed by atoms with Crippen LogP contribution in [0.3, 0.4) is 0 Å². The highest BCUT2D eigenvalue weighted by Gasteiger charge is 1.84. The summed E-state index contributed by atoms with van der Waals surface area (Å²) in [7, 11) is 0. The van der Waals surface area contributed by atoms with E-state index in [0.29, 0.717) is 0 Å². The average Bonchev–Trinajstić information content (AvgIpc) is 2.24. The van der Waals surface area contributed by atoms with E-state index in [1.165, 1.54) is 12.8 Å². The van der Waals surface area contributed by atoms with Crippen molar-refractivity contribution in [1.82, 2.24) is 15.5 Å². The summed E-state index contributed by atoms with van der Waals surface area (Å²) in [6, 6.07) is 3.65. The molecule has 0 aromatic carbocycles. The largest absolute Gasteiger partial charge is 0.391 e. The van der Waals surface area contributed by atoms with E-state index in [1.54, 1.807) is 12.4 Å². The van der Waals surface area contributed by atoms with Gasteiger partial charge in [-0.05, 0) is 31.2 Å². The molecule has 1 N–H and O–H groups in total. The van der Waals surface area contributed by atoms with Crippen molar-refractivity contribution < 1.29 is 0 Å². The standard InChI is InChI=1S/C5H9N.C4H4N2/c2*1-2-4-6-5-3-1/h2,4,6H,1,3,5H2;1-4H. The molecule has 0 saturated carbocycles. The second kappa shape index (κ2) is 6.34. The number of hydrogen-bond acceptors (Lipinski definition) is 3. The zero-order valence-corrected chi connectivity index (χ0v) is 6.98. The molecule has 0 spiro atoms. The van der Waals surface area contributed by atoms with Crippen LogP contribution < -0.4 is 5.32 Å². The van der Waals surface area contributed by atoms with Gasteiger partial charge in [-0.25, -0.2) is 0 Å². The van der Waals surface area contributed by atoms with E-state index in [2.05, 4.69) is 21.6 Å². The van der Waals surface area contributed by atoms with Crippen LogP contribution in [0.5, 0.6) is 0 Å². The number of aromatic nitrogens is 2. The lowest BCUT2D eigenvalue weighted by Gasteiger charge is -2.02. The van der Waals surface area contributed by atoms with E-state index >= 15 is 0 Å². The fraction of sp³-hybridized carbons (Fsp3) is 0.333. The molecule has 0 unspecified atom stereocenters. The van der Waals surface area contributed by atoms with Crippen molar-refractivity contribution in [3.05, 3.63) is 36.8 Å². The molecule has 1 aromatic heterocycles. The van der Waals surface area contributed by atoms with Gasteiger partial charge in [0.05, 0.1) is 0 Å². The highest BCUT2D eigenvalue weighted by atomic mass is 15.1. The van der Waals surface area contributed by atoms with Crippen LogP contribution in [0.2, 0.25) is 0 Å². The third-order valence-corrected chi connectivity index (χ3v) is 1.41. The Morgan fingerprint density at radius 3 is 2.00 bits per heavy atom. The lowest BCUT2D eigenvalue weighted by molar-refractivity contribution is 0.728. The SMILES string of the molecule is C1=CNCCC1.c1ccnnc1. The van der Waals surface area contributed by atoms with Crippen LogP contribution in [0.15, 0.2) is 36.8 Å². The molecule has 2 rings (SSSR count). The van der Waals surface area contributed by atoms with E-state index in [0.717, 1.165) is 6.54 Å². The van der Waals surface area contributed by atoms with Crippen molar-refractivity contribution in [2.45, 2.75) is 12.8 Å². The highest BCUT2D eigenvalue weighted by molar-refractivity contribution is 4.83. The monoisotopic (exact) mass is 163 g/mol. The van der Waals surface area contributed by atoms with Gasteiger partial charge in [-0.15, -0.1) is 0 Å². The molecule has 0 atom stereocenters. The van der Waals surface area contributed by atoms with E-state index in [9.17, 15) is 0 Å². The molecule has 1 aliphatic heterocycles. The molecule has 2 heterocycles. The maximum Gasteiger partial charge on any atom is 0.0496 e. The van der Waals surface area contributed by atoms with Crippen LogP contribution in [0, 0.1) is 0 Å². The van der Waals surface area contributed by atoms with Crippen molar-refractivity contribution in [3.8, 4) is 0 Å². The maximum atomic E-state index is 3.53. The summed E-state index contributed by atoms with van der Waals surface area (Å²) >= 11 is 0. The Bertz CT molecular complexity index is 174. The molecule has 0 fully saturated rings. The third kappa shape index (κ3) is 4.44. The Hall–Kier alpha value is -1.38. The Kier molecular flexibility index (Phi) is 4.60. The second-order valence-electron chi connectivity index (χ2n) is 2.41. The molecule has 1 aromatic rings. The molecular weight excluding hydrogens is 150 g/mol. The van der Waals surface area contributed by atoms with Crippen molar-refractivity contribution in [3.63, 3.8) is 0 Å². The fourth-order valence-electron chi connectivity index (χ4n) is 0.825. The highest BCUT2D eigenvalue weighted by Crippen LogP contribution is 1.91. The average molecular weight is 163 g/mol. The molecule has 3 nitrogen and oxygen atoms in total. The van der Waals surface area contributed by atoms with Gasteiger partial charge in [0.25, 0.3) is 0 Å². The van der Waals surface area contributed by atoms with Gasteiger partial charge >= 0.3 is 0 Å². The Balaban J connectivity index is 0.000000120. The van der Waals surface area contributed by atoms with Crippen molar-refractivity contribution in [2.24, 2.45) is 0 Å². The zero-order chi connectivity index (χ0) is 8.49. The number of nitrogens with zero attached hydrogens (tertiary/aromatic N) is 2. The summed E-state index contributed by atoms with van der Waals surface area (Å²) < 4.78 is 0. The quantitative estimate of drug-likeness (QED) is 0.627. The first-order valence-corrected chi connectivity index (χ1v) is 4.10. The minimum absolute atomic E-state index is 1.16. The first kappa shape index (κ1) is 8.71. The smallest absolute Gasteiger partial charge is 0.0496 e. The molecule has 0 saturated heterocycles. The Morgan fingerprint density at radius 1 is 1.08 bits per heavy atom. The van der Waals surface area contributed by atoms with Crippen LogP contribution in [-0.2, 0) is 0 Å². The van der Waals surface area contributed by atoms with Crippen molar-refractivity contribution >= 4 is 0 Å². The Morgan fingerprint density at radius 2 is 1.83 bits per heavy atom. The summed E-state index contributed by atoms with van der Waals surface area (Å²) in [5, 5.41) is 10.2. The number of hydrogen-bond donors (Lipinski definition) is 1. The molecule has 0 amide bonds. The van der Waals surface area contributed by atoms with Crippen molar-refractivity contribution in [1.29, 1.82) is 0 Å². The lowest BCUT2D eigenvalue weighted by Crippen LogP contribution is -2.09. The van der Waals surface area contributed by atoms with Gasteiger partial charge in [0.1, 0.15) is 0 Å². The van der Waals surface area contributed by atoms with Gasteiger partial charge in [-0.2, -0.15) is 10.2 Å². The summed E-state index contributed by atoms with van der Waals surface area (Å²) in [6.07, 6.45) is 10.0. The minimum atomic E-state index is 1.16. The molecule has 0 radical (unpaired) electrons. The van der Waals surface area contributed by atoms with Crippen LogP contribution >= 0.6 is 0 Å². The topological polar surface area (TPSA) is 37.8 Å². The number of nitrogens with one attached hydrogen (secondary N) is 1. The van der Waals surface area contributed by atoms with E-state index in [1.807, 2.05) is 18.3 Å². The molecule has 12 heavy (non-hydrogen) atoms. The first-order valence-electron chi connectivity index (χ1n) is 4.10. The van der Waals surface area contributed by atoms with Gasteiger partial charge in [-0.3, -0.25) is 0 Å². The van der Waals surface area contributed by atoms with E-state index in [-0.39, 0.29) is 0 Å². The third-order valence-electron chi connectivity index (χ3n) is 1.41. The zero-order valence-electron chi connectivity index (χ0n) is 6.98. The van der Waals surface area contributed by atoms with Crippen LogP contribution in [0.25, 0.3) is 0 Å². The van der Waals surface area contributed by atoms with Crippen LogP contribution in [0.4, 0.5) is 0 Å².